The molecule has 0 aromatic carbocycles. The van der Waals surface area contributed by atoms with E-state index in [0.717, 1.165) is 12.1 Å². The standard InChI is InChI=1S/C11H20N4/c1-4-9(2)15(3)11(7-12)10-5-6-13-8-14-10/h5-6,8-9,11H,4,7,12H2,1-3H3. The highest BCUT2D eigenvalue weighted by Crippen LogP contribution is 2.18. The highest BCUT2D eigenvalue weighted by Gasteiger charge is 2.19. The van der Waals surface area contributed by atoms with Gasteiger partial charge in [0.2, 0.25) is 0 Å². The smallest absolute Gasteiger partial charge is 0.115 e. The van der Waals surface area contributed by atoms with Crippen LogP contribution in [0.25, 0.3) is 0 Å². The van der Waals surface area contributed by atoms with Gasteiger partial charge in [-0.15, -0.1) is 0 Å². The van der Waals surface area contributed by atoms with Crippen molar-refractivity contribution in [2.75, 3.05) is 13.6 Å². The molecule has 2 unspecified atom stereocenters. The monoisotopic (exact) mass is 208 g/mol. The molecule has 1 aromatic heterocycles. The number of nitrogens with zero attached hydrogens (tertiary/aromatic N) is 3. The van der Waals surface area contributed by atoms with Crippen molar-refractivity contribution < 1.29 is 0 Å². The fourth-order valence-electron chi connectivity index (χ4n) is 1.59. The molecule has 0 amide bonds. The Kier molecular flexibility index (Phi) is 4.65. The topological polar surface area (TPSA) is 55.0 Å². The molecule has 0 fully saturated rings. The fourth-order valence-corrected chi connectivity index (χ4v) is 1.59. The molecule has 1 rings (SSSR count). The molecule has 4 heteroatoms. The molecule has 84 valence electrons. The van der Waals surface area contributed by atoms with E-state index >= 15 is 0 Å². The Balaban J connectivity index is 2.80. The zero-order chi connectivity index (χ0) is 11.3. The van der Waals surface area contributed by atoms with Gasteiger partial charge in [-0.25, -0.2) is 9.97 Å². The molecule has 1 heterocycles. The maximum atomic E-state index is 5.80. The van der Waals surface area contributed by atoms with Gasteiger partial charge in [0.05, 0.1) is 11.7 Å². The molecule has 15 heavy (non-hydrogen) atoms. The molecule has 4 nitrogen and oxygen atoms in total. The van der Waals surface area contributed by atoms with E-state index in [1.807, 2.05) is 6.07 Å². The summed E-state index contributed by atoms with van der Waals surface area (Å²) < 4.78 is 0. The molecule has 0 saturated carbocycles. The second-order valence-corrected chi connectivity index (χ2v) is 3.81. The molecule has 0 aliphatic heterocycles. The van der Waals surface area contributed by atoms with Gasteiger partial charge in [-0.2, -0.15) is 0 Å². The molecule has 0 bridgehead atoms. The Bertz CT molecular complexity index is 275. The van der Waals surface area contributed by atoms with Crippen LogP contribution in [-0.2, 0) is 0 Å². The molecule has 0 saturated heterocycles. The highest BCUT2D eigenvalue weighted by atomic mass is 15.2. The van der Waals surface area contributed by atoms with E-state index in [0.29, 0.717) is 12.6 Å². The third-order valence-electron chi connectivity index (χ3n) is 2.95. The summed E-state index contributed by atoms with van der Waals surface area (Å²) in [4.78, 5) is 10.4. The summed E-state index contributed by atoms with van der Waals surface area (Å²) in [5.74, 6) is 0. The lowest BCUT2D eigenvalue weighted by Gasteiger charge is -2.31. The van der Waals surface area contributed by atoms with E-state index in [9.17, 15) is 0 Å². The number of rotatable bonds is 5. The lowest BCUT2D eigenvalue weighted by atomic mass is 10.1. The van der Waals surface area contributed by atoms with E-state index in [-0.39, 0.29) is 6.04 Å². The Labute approximate surface area is 91.5 Å². The molecule has 0 radical (unpaired) electrons. The molecule has 2 N–H and O–H groups in total. The summed E-state index contributed by atoms with van der Waals surface area (Å²) in [6.45, 7) is 4.95. The Morgan fingerprint density at radius 2 is 2.27 bits per heavy atom. The Morgan fingerprint density at radius 3 is 2.73 bits per heavy atom. The van der Waals surface area contributed by atoms with Crippen LogP contribution in [0.4, 0.5) is 0 Å². The number of hydrogen-bond donors (Lipinski definition) is 1. The number of hydrogen-bond acceptors (Lipinski definition) is 4. The first-order chi connectivity index (χ1) is 7.20. The summed E-state index contributed by atoms with van der Waals surface area (Å²) in [6, 6.07) is 2.62. The summed E-state index contributed by atoms with van der Waals surface area (Å²) >= 11 is 0. The number of likely N-dealkylation sites (N-methyl/N-ethyl adjacent to an activating group) is 1. The van der Waals surface area contributed by atoms with Crippen LogP contribution < -0.4 is 5.73 Å². The van der Waals surface area contributed by atoms with Crippen molar-refractivity contribution >= 4 is 0 Å². The van der Waals surface area contributed by atoms with Crippen molar-refractivity contribution in [2.45, 2.75) is 32.4 Å². The normalized spacial score (nSPS) is 15.3. The van der Waals surface area contributed by atoms with Crippen molar-refractivity contribution in [2.24, 2.45) is 5.73 Å². The Morgan fingerprint density at radius 1 is 1.53 bits per heavy atom. The third-order valence-corrected chi connectivity index (χ3v) is 2.95. The van der Waals surface area contributed by atoms with E-state index in [1.54, 1.807) is 12.5 Å². The average Bonchev–Trinajstić information content (AvgIpc) is 2.30. The van der Waals surface area contributed by atoms with E-state index in [1.165, 1.54) is 0 Å². The first-order valence-corrected chi connectivity index (χ1v) is 5.38. The summed E-state index contributed by atoms with van der Waals surface area (Å²) in [5, 5.41) is 0. The summed E-state index contributed by atoms with van der Waals surface area (Å²) in [6.07, 6.45) is 4.44. The van der Waals surface area contributed by atoms with Gasteiger partial charge in [0.25, 0.3) is 0 Å². The maximum Gasteiger partial charge on any atom is 0.115 e. The van der Waals surface area contributed by atoms with Crippen molar-refractivity contribution in [3.8, 4) is 0 Å². The first kappa shape index (κ1) is 12.1. The zero-order valence-electron chi connectivity index (χ0n) is 9.72. The largest absolute Gasteiger partial charge is 0.329 e. The lowest BCUT2D eigenvalue weighted by Crippen LogP contribution is -2.37. The van der Waals surface area contributed by atoms with Crippen molar-refractivity contribution in [1.29, 1.82) is 0 Å². The molecule has 1 aromatic rings. The Hall–Kier alpha value is -1.00. The van der Waals surface area contributed by atoms with Crippen LogP contribution in [0.3, 0.4) is 0 Å². The van der Waals surface area contributed by atoms with Gasteiger partial charge in [0.1, 0.15) is 6.33 Å². The van der Waals surface area contributed by atoms with Crippen LogP contribution in [0, 0.1) is 0 Å². The zero-order valence-corrected chi connectivity index (χ0v) is 9.72. The van der Waals surface area contributed by atoms with Gasteiger partial charge in [-0.1, -0.05) is 6.92 Å². The SMILES string of the molecule is CCC(C)N(C)C(CN)c1ccncn1. The van der Waals surface area contributed by atoms with E-state index in [4.69, 9.17) is 5.73 Å². The first-order valence-electron chi connectivity index (χ1n) is 5.38. The quantitative estimate of drug-likeness (QED) is 0.790. The minimum absolute atomic E-state index is 0.183. The van der Waals surface area contributed by atoms with Gasteiger partial charge in [0, 0.05) is 18.8 Å². The van der Waals surface area contributed by atoms with Gasteiger partial charge in [-0.05, 0) is 26.5 Å². The molecule has 2 atom stereocenters. The minimum Gasteiger partial charge on any atom is -0.329 e. The van der Waals surface area contributed by atoms with Crippen LogP contribution in [0.5, 0.6) is 0 Å². The predicted molar refractivity (Wildman–Crippen MR) is 61.3 cm³/mol. The van der Waals surface area contributed by atoms with Gasteiger partial charge < -0.3 is 5.73 Å². The predicted octanol–water partition coefficient (Wildman–Crippen LogP) is 1.21. The van der Waals surface area contributed by atoms with Crippen molar-refractivity contribution in [3.05, 3.63) is 24.3 Å². The van der Waals surface area contributed by atoms with Gasteiger partial charge in [-0.3, -0.25) is 4.90 Å². The summed E-state index contributed by atoms with van der Waals surface area (Å²) in [5.41, 5.74) is 6.79. The lowest BCUT2D eigenvalue weighted by molar-refractivity contribution is 0.181. The highest BCUT2D eigenvalue weighted by molar-refractivity contribution is 5.05. The average molecular weight is 208 g/mol. The fraction of sp³-hybridized carbons (Fsp3) is 0.636. The number of aromatic nitrogens is 2. The van der Waals surface area contributed by atoms with Crippen molar-refractivity contribution in [1.82, 2.24) is 14.9 Å². The van der Waals surface area contributed by atoms with Gasteiger partial charge in [0.15, 0.2) is 0 Å². The third kappa shape index (κ3) is 2.97. The second-order valence-electron chi connectivity index (χ2n) is 3.81. The van der Waals surface area contributed by atoms with E-state index < -0.39 is 0 Å². The molecule has 0 aliphatic rings. The van der Waals surface area contributed by atoms with Crippen LogP contribution in [0.1, 0.15) is 32.0 Å². The molecule has 0 spiro atoms. The van der Waals surface area contributed by atoms with Crippen LogP contribution in [0.2, 0.25) is 0 Å². The van der Waals surface area contributed by atoms with Gasteiger partial charge >= 0.3 is 0 Å². The van der Waals surface area contributed by atoms with Crippen molar-refractivity contribution in [3.63, 3.8) is 0 Å². The second kappa shape index (κ2) is 5.78. The molecular formula is C11H20N4. The van der Waals surface area contributed by atoms with Crippen LogP contribution >= 0.6 is 0 Å². The van der Waals surface area contributed by atoms with Crippen LogP contribution in [0.15, 0.2) is 18.6 Å². The number of nitrogens with two attached hydrogens (primary N) is 1. The van der Waals surface area contributed by atoms with E-state index in [2.05, 4.69) is 35.8 Å². The molecule has 0 aliphatic carbocycles. The minimum atomic E-state index is 0.183. The summed E-state index contributed by atoms with van der Waals surface area (Å²) in [7, 11) is 2.09. The molecular weight excluding hydrogens is 188 g/mol. The maximum absolute atomic E-state index is 5.80. The van der Waals surface area contributed by atoms with Crippen LogP contribution in [-0.4, -0.2) is 34.5 Å².